The molecule has 0 radical (unpaired) electrons. The summed E-state index contributed by atoms with van der Waals surface area (Å²) < 4.78 is 0. The Labute approximate surface area is 122 Å². The van der Waals surface area contributed by atoms with Crippen LogP contribution in [0.15, 0.2) is 24.3 Å². The highest BCUT2D eigenvalue weighted by molar-refractivity contribution is 6.30. The Morgan fingerprint density at radius 3 is 2.89 bits per heavy atom. The average molecular weight is 281 g/mol. The van der Waals surface area contributed by atoms with Crippen LogP contribution in [0.1, 0.15) is 25.8 Å². The summed E-state index contributed by atoms with van der Waals surface area (Å²) in [6.45, 7) is 10.3. The van der Waals surface area contributed by atoms with Crippen LogP contribution in [0.5, 0.6) is 0 Å². The molecule has 0 unspecified atom stereocenters. The molecular weight excluding hydrogens is 256 g/mol. The summed E-state index contributed by atoms with van der Waals surface area (Å²) in [5.74, 6) is 1.51. The lowest BCUT2D eigenvalue weighted by Crippen LogP contribution is -2.33. The SMILES string of the molecule is CC(C)CN(Cc1cccc(Cl)c1)C[C@@H]1CCNC1. The fourth-order valence-electron chi connectivity index (χ4n) is 2.85. The van der Waals surface area contributed by atoms with E-state index in [4.69, 9.17) is 11.6 Å². The summed E-state index contributed by atoms with van der Waals surface area (Å²) in [4.78, 5) is 2.58. The molecule has 3 heteroatoms. The Balaban J connectivity index is 1.96. The van der Waals surface area contributed by atoms with Crippen molar-refractivity contribution in [3.8, 4) is 0 Å². The van der Waals surface area contributed by atoms with Crippen molar-refractivity contribution in [3.63, 3.8) is 0 Å². The zero-order valence-corrected chi connectivity index (χ0v) is 12.8. The fourth-order valence-corrected chi connectivity index (χ4v) is 3.06. The molecular formula is C16H25ClN2. The second-order valence-electron chi connectivity index (χ2n) is 6.08. The average Bonchev–Trinajstić information content (AvgIpc) is 2.80. The molecule has 1 aromatic carbocycles. The number of rotatable bonds is 6. The van der Waals surface area contributed by atoms with E-state index < -0.39 is 0 Å². The van der Waals surface area contributed by atoms with Crippen molar-refractivity contribution >= 4 is 11.6 Å². The minimum atomic E-state index is 0.702. The lowest BCUT2D eigenvalue weighted by molar-refractivity contribution is 0.205. The normalized spacial score (nSPS) is 19.5. The summed E-state index contributed by atoms with van der Waals surface area (Å²) in [5.41, 5.74) is 1.32. The Kier molecular flexibility index (Phi) is 5.68. The second kappa shape index (κ2) is 7.28. The predicted octanol–water partition coefficient (Wildman–Crippen LogP) is 3.41. The number of hydrogen-bond acceptors (Lipinski definition) is 2. The largest absolute Gasteiger partial charge is 0.316 e. The molecule has 1 aliphatic rings. The van der Waals surface area contributed by atoms with E-state index >= 15 is 0 Å². The zero-order chi connectivity index (χ0) is 13.7. The minimum absolute atomic E-state index is 0.702. The van der Waals surface area contributed by atoms with E-state index in [2.05, 4.69) is 36.2 Å². The van der Waals surface area contributed by atoms with Crippen molar-refractivity contribution in [3.05, 3.63) is 34.9 Å². The van der Waals surface area contributed by atoms with Crippen LogP contribution in [-0.4, -0.2) is 31.1 Å². The first-order valence-corrected chi connectivity index (χ1v) is 7.69. The maximum Gasteiger partial charge on any atom is 0.0409 e. The fraction of sp³-hybridized carbons (Fsp3) is 0.625. The number of hydrogen-bond donors (Lipinski definition) is 1. The van der Waals surface area contributed by atoms with Gasteiger partial charge in [-0.05, 0) is 49.0 Å². The van der Waals surface area contributed by atoms with Crippen molar-refractivity contribution in [2.75, 3.05) is 26.2 Å². The quantitative estimate of drug-likeness (QED) is 0.859. The van der Waals surface area contributed by atoms with Crippen molar-refractivity contribution in [2.45, 2.75) is 26.8 Å². The summed E-state index contributed by atoms with van der Waals surface area (Å²) >= 11 is 6.08. The summed E-state index contributed by atoms with van der Waals surface area (Å²) in [7, 11) is 0. The van der Waals surface area contributed by atoms with E-state index in [9.17, 15) is 0 Å². The lowest BCUT2D eigenvalue weighted by atomic mass is 10.1. The van der Waals surface area contributed by atoms with Gasteiger partial charge in [-0.1, -0.05) is 37.6 Å². The highest BCUT2D eigenvalue weighted by atomic mass is 35.5. The zero-order valence-electron chi connectivity index (χ0n) is 12.0. The van der Waals surface area contributed by atoms with Crippen LogP contribution in [0.3, 0.4) is 0 Å². The molecule has 1 N–H and O–H groups in total. The predicted molar refractivity (Wildman–Crippen MR) is 82.5 cm³/mol. The van der Waals surface area contributed by atoms with Gasteiger partial charge in [0.1, 0.15) is 0 Å². The molecule has 0 saturated carbocycles. The standard InChI is InChI=1S/C16H25ClN2/c1-13(2)10-19(12-15-6-7-18-9-15)11-14-4-3-5-16(17)8-14/h3-5,8,13,15,18H,6-7,9-12H2,1-2H3/t15-/m1/s1. The van der Waals surface area contributed by atoms with Gasteiger partial charge in [0.25, 0.3) is 0 Å². The van der Waals surface area contributed by atoms with Gasteiger partial charge in [0.15, 0.2) is 0 Å². The maximum atomic E-state index is 6.08. The highest BCUT2D eigenvalue weighted by Crippen LogP contribution is 2.16. The van der Waals surface area contributed by atoms with Crippen molar-refractivity contribution in [1.29, 1.82) is 0 Å². The third-order valence-electron chi connectivity index (χ3n) is 3.60. The van der Waals surface area contributed by atoms with Crippen LogP contribution < -0.4 is 5.32 Å². The van der Waals surface area contributed by atoms with Gasteiger partial charge in [-0.25, -0.2) is 0 Å². The molecule has 2 rings (SSSR count). The molecule has 1 aliphatic heterocycles. The first kappa shape index (κ1) is 14.8. The van der Waals surface area contributed by atoms with Gasteiger partial charge in [-0.15, -0.1) is 0 Å². The van der Waals surface area contributed by atoms with E-state index in [1.165, 1.54) is 31.6 Å². The van der Waals surface area contributed by atoms with E-state index in [0.29, 0.717) is 5.92 Å². The van der Waals surface area contributed by atoms with Crippen molar-refractivity contribution < 1.29 is 0 Å². The Bertz CT molecular complexity index is 386. The summed E-state index contributed by atoms with van der Waals surface area (Å²) in [6.07, 6.45) is 1.31. The van der Waals surface area contributed by atoms with Crippen molar-refractivity contribution in [2.24, 2.45) is 11.8 Å². The number of halogens is 1. The van der Waals surface area contributed by atoms with Crippen LogP contribution >= 0.6 is 11.6 Å². The Morgan fingerprint density at radius 2 is 2.26 bits per heavy atom. The molecule has 106 valence electrons. The van der Waals surface area contributed by atoms with Gasteiger partial charge in [-0.3, -0.25) is 4.90 Å². The molecule has 2 nitrogen and oxygen atoms in total. The Morgan fingerprint density at radius 1 is 1.42 bits per heavy atom. The maximum absolute atomic E-state index is 6.08. The van der Waals surface area contributed by atoms with Gasteiger partial charge in [0.2, 0.25) is 0 Å². The van der Waals surface area contributed by atoms with Crippen LogP contribution in [-0.2, 0) is 6.54 Å². The van der Waals surface area contributed by atoms with Gasteiger partial charge in [0, 0.05) is 24.7 Å². The van der Waals surface area contributed by atoms with Gasteiger partial charge < -0.3 is 5.32 Å². The molecule has 0 aliphatic carbocycles. The van der Waals surface area contributed by atoms with E-state index in [0.717, 1.165) is 24.0 Å². The molecule has 1 aromatic rings. The lowest BCUT2D eigenvalue weighted by Gasteiger charge is -2.27. The third kappa shape index (κ3) is 5.13. The highest BCUT2D eigenvalue weighted by Gasteiger charge is 2.19. The molecule has 0 aromatic heterocycles. The topological polar surface area (TPSA) is 15.3 Å². The van der Waals surface area contributed by atoms with E-state index in [1.807, 2.05) is 12.1 Å². The van der Waals surface area contributed by atoms with E-state index in [1.54, 1.807) is 0 Å². The third-order valence-corrected chi connectivity index (χ3v) is 3.83. The number of nitrogens with one attached hydrogen (secondary N) is 1. The van der Waals surface area contributed by atoms with Crippen LogP contribution in [0, 0.1) is 11.8 Å². The summed E-state index contributed by atoms with van der Waals surface area (Å²) in [5, 5.41) is 4.29. The van der Waals surface area contributed by atoms with Gasteiger partial charge in [-0.2, -0.15) is 0 Å². The van der Waals surface area contributed by atoms with Crippen LogP contribution in [0.2, 0.25) is 5.02 Å². The number of benzene rings is 1. The molecule has 1 atom stereocenters. The smallest absolute Gasteiger partial charge is 0.0409 e. The molecule has 0 amide bonds. The molecule has 1 saturated heterocycles. The van der Waals surface area contributed by atoms with Crippen LogP contribution in [0.25, 0.3) is 0 Å². The first-order chi connectivity index (χ1) is 9.13. The molecule has 0 bridgehead atoms. The Hall–Kier alpha value is -0.570. The molecule has 1 fully saturated rings. The van der Waals surface area contributed by atoms with Crippen molar-refractivity contribution in [1.82, 2.24) is 10.2 Å². The van der Waals surface area contributed by atoms with Gasteiger partial charge >= 0.3 is 0 Å². The second-order valence-corrected chi connectivity index (χ2v) is 6.51. The molecule has 1 heterocycles. The first-order valence-electron chi connectivity index (χ1n) is 7.31. The number of nitrogens with zero attached hydrogens (tertiary/aromatic N) is 1. The van der Waals surface area contributed by atoms with E-state index in [-0.39, 0.29) is 0 Å². The minimum Gasteiger partial charge on any atom is -0.316 e. The van der Waals surface area contributed by atoms with Gasteiger partial charge in [0.05, 0.1) is 0 Å². The molecule has 19 heavy (non-hydrogen) atoms. The summed E-state index contributed by atoms with van der Waals surface area (Å²) in [6, 6.07) is 8.25. The molecule has 0 spiro atoms. The monoisotopic (exact) mass is 280 g/mol. The van der Waals surface area contributed by atoms with Crippen LogP contribution in [0.4, 0.5) is 0 Å².